The summed E-state index contributed by atoms with van der Waals surface area (Å²) in [6.45, 7) is 10.1. The molecule has 7 heteroatoms. The number of halogens is 1. The van der Waals surface area contributed by atoms with Crippen LogP contribution in [0.3, 0.4) is 0 Å². The van der Waals surface area contributed by atoms with Crippen LogP contribution in [0.1, 0.15) is 44.2 Å². The van der Waals surface area contributed by atoms with Crippen LogP contribution in [0.15, 0.2) is 29.3 Å². The minimum atomic E-state index is 0. The van der Waals surface area contributed by atoms with Gasteiger partial charge < -0.3 is 20.3 Å². The summed E-state index contributed by atoms with van der Waals surface area (Å²) in [5.74, 6) is 2.42. The number of hydrogen-bond acceptors (Lipinski definition) is 4. The molecule has 2 fully saturated rings. The summed E-state index contributed by atoms with van der Waals surface area (Å²) in [5, 5.41) is 7.11. The number of methoxy groups -OCH3 is 1. The van der Waals surface area contributed by atoms with Crippen LogP contribution in [0.25, 0.3) is 0 Å². The van der Waals surface area contributed by atoms with E-state index in [0.29, 0.717) is 12.0 Å². The van der Waals surface area contributed by atoms with E-state index in [9.17, 15) is 0 Å². The van der Waals surface area contributed by atoms with E-state index < -0.39 is 0 Å². The summed E-state index contributed by atoms with van der Waals surface area (Å²) in [4.78, 5) is 9.61. The van der Waals surface area contributed by atoms with Crippen LogP contribution in [0.2, 0.25) is 0 Å². The number of hydrogen-bond donors (Lipinski definition) is 2. The number of ether oxygens (including phenoxy) is 1. The molecule has 0 saturated carbocycles. The van der Waals surface area contributed by atoms with Gasteiger partial charge in [-0.15, -0.1) is 24.0 Å². The first-order valence-corrected chi connectivity index (χ1v) is 11.2. The molecule has 2 N–H and O–H groups in total. The standard InChI is InChI=1S/C23H39N5O.HI/c1-19(18-27-12-4-5-13-27)16-25-23(24-2)26-17-22(28-14-6-7-15-28)20-8-10-21(29-3)11-9-20;/h8-11,19,22H,4-7,12-18H2,1-3H3,(H2,24,25,26);1H. The molecule has 0 aliphatic carbocycles. The lowest BCUT2D eigenvalue weighted by Gasteiger charge is -2.29. The second-order valence-electron chi connectivity index (χ2n) is 8.48. The second-order valence-corrected chi connectivity index (χ2v) is 8.48. The highest BCUT2D eigenvalue weighted by Crippen LogP contribution is 2.26. The highest BCUT2D eigenvalue weighted by atomic mass is 127. The van der Waals surface area contributed by atoms with E-state index in [1.54, 1.807) is 7.11 Å². The SMILES string of the molecule is CN=C(NCC(C)CN1CCCC1)NCC(c1ccc(OC)cc1)N1CCCC1.I. The maximum atomic E-state index is 5.33. The van der Waals surface area contributed by atoms with Crippen LogP contribution >= 0.6 is 24.0 Å². The van der Waals surface area contributed by atoms with Gasteiger partial charge in [0.05, 0.1) is 13.2 Å². The number of guanidine groups is 1. The summed E-state index contributed by atoms with van der Waals surface area (Å²) in [5.41, 5.74) is 1.33. The molecule has 2 aliphatic rings. The molecule has 0 bridgehead atoms. The Bertz CT molecular complexity index is 627. The molecule has 2 aliphatic heterocycles. The van der Waals surface area contributed by atoms with Crippen molar-refractivity contribution in [1.82, 2.24) is 20.4 Å². The number of likely N-dealkylation sites (tertiary alicyclic amines) is 2. The molecule has 2 saturated heterocycles. The van der Waals surface area contributed by atoms with Crippen molar-refractivity contribution in [2.45, 2.75) is 38.6 Å². The van der Waals surface area contributed by atoms with Gasteiger partial charge in [-0.05, 0) is 75.5 Å². The van der Waals surface area contributed by atoms with E-state index in [0.717, 1.165) is 37.9 Å². The lowest BCUT2D eigenvalue weighted by atomic mass is 10.1. The molecule has 0 aromatic heterocycles. The summed E-state index contributed by atoms with van der Waals surface area (Å²) < 4.78 is 5.33. The third kappa shape index (κ3) is 7.57. The van der Waals surface area contributed by atoms with Crippen molar-refractivity contribution in [1.29, 1.82) is 0 Å². The van der Waals surface area contributed by atoms with Gasteiger partial charge in [-0.2, -0.15) is 0 Å². The molecule has 1 aromatic rings. The molecule has 0 amide bonds. The maximum Gasteiger partial charge on any atom is 0.191 e. The first-order chi connectivity index (χ1) is 14.2. The van der Waals surface area contributed by atoms with E-state index in [1.165, 1.54) is 50.9 Å². The fourth-order valence-electron chi connectivity index (χ4n) is 4.49. The van der Waals surface area contributed by atoms with Gasteiger partial charge in [-0.1, -0.05) is 19.1 Å². The van der Waals surface area contributed by atoms with Gasteiger partial charge in [-0.25, -0.2) is 0 Å². The molecule has 3 rings (SSSR count). The highest BCUT2D eigenvalue weighted by molar-refractivity contribution is 14.0. The average molecular weight is 530 g/mol. The van der Waals surface area contributed by atoms with Crippen molar-refractivity contribution >= 4 is 29.9 Å². The molecular formula is C23H40IN5O. The molecule has 6 nitrogen and oxygen atoms in total. The van der Waals surface area contributed by atoms with Crippen molar-refractivity contribution in [2.24, 2.45) is 10.9 Å². The van der Waals surface area contributed by atoms with E-state index >= 15 is 0 Å². The number of benzene rings is 1. The number of aliphatic imine (C=N–C) groups is 1. The Balaban J connectivity index is 0.00000320. The zero-order valence-electron chi connectivity index (χ0n) is 18.9. The molecule has 0 radical (unpaired) electrons. The Morgan fingerprint density at radius 3 is 2.20 bits per heavy atom. The first kappa shape index (κ1) is 25.2. The lowest BCUT2D eigenvalue weighted by Crippen LogP contribution is -2.44. The summed E-state index contributed by atoms with van der Waals surface area (Å²) in [6, 6.07) is 8.86. The molecular weight excluding hydrogens is 489 g/mol. The van der Waals surface area contributed by atoms with Gasteiger partial charge in [0.15, 0.2) is 5.96 Å². The summed E-state index contributed by atoms with van der Waals surface area (Å²) in [7, 11) is 3.58. The zero-order valence-corrected chi connectivity index (χ0v) is 21.2. The maximum absolute atomic E-state index is 5.33. The Morgan fingerprint density at radius 2 is 1.60 bits per heavy atom. The molecule has 2 heterocycles. The number of rotatable bonds is 9. The van der Waals surface area contributed by atoms with Gasteiger partial charge in [0, 0.05) is 26.7 Å². The third-order valence-corrected chi connectivity index (χ3v) is 6.15. The van der Waals surface area contributed by atoms with Crippen molar-refractivity contribution in [3.05, 3.63) is 29.8 Å². The minimum Gasteiger partial charge on any atom is -0.497 e. The van der Waals surface area contributed by atoms with E-state index in [2.05, 4.69) is 56.6 Å². The van der Waals surface area contributed by atoms with Crippen LogP contribution in [0.5, 0.6) is 5.75 Å². The van der Waals surface area contributed by atoms with Crippen LogP contribution < -0.4 is 15.4 Å². The quantitative estimate of drug-likeness (QED) is 0.292. The van der Waals surface area contributed by atoms with Crippen LogP contribution in [-0.4, -0.2) is 75.7 Å². The lowest BCUT2D eigenvalue weighted by molar-refractivity contribution is 0.245. The number of nitrogens with zero attached hydrogens (tertiary/aromatic N) is 3. The molecule has 2 atom stereocenters. The largest absolute Gasteiger partial charge is 0.497 e. The van der Waals surface area contributed by atoms with Crippen molar-refractivity contribution in [3.63, 3.8) is 0 Å². The molecule has 170 valence electrons. The monoisotopic (exact) mass is 529 g/mol. The Kier molecular flexibility index (Phi) is 11.2. The van der Waals surface area contributed by atoms with E-state index in [4.69, 9.17) is 4.74 Å². The van der Waals surface area contributed by atoms with Gasteiger partial charge in [0.25, 0.3) is 0 Å². The van der Waals surface area contributed by atoms with Crippen molar-refractivity contribution < 1.29 is 4.74 Å². The third-order valence-electron chi connectivity index (χ3n) is 6.15. The smallest absolute Gasteiger partial charge is 0.191 e. The normalized spacial score (nSPS) is 19.9. The predicted octanol–water partition coefficient (Wildman–Crippen LogP) is 3.35. The van der Waals surface area contributed by atoms with Gasteiger partial charge in [0.2, 0.25) is 0 Å². The second kappa shape index (κ2) is 13.4. The van der Waals surface area contributed by atoms with Crippen molar-refractivity contribution in [2.75, 3.05) is 60.0 Å². The van der Waals surface area contributed by atoms with Crippen LogP contribution in [-0.2, 0) is 0 Å². The predicted molar refractivity (Wildman–Crippen MR) is 136 cm³/mol. The molecule has 2 unspecified atom stereocenters. The highest BCUT2D eigenvalue weighted by Gasteiger charge is 2.24. The van der Waals surface area contributed by atoms with E-state index in [1.807, 2.05) is 7.05 Å². The van der Waals surface area contributed by atoms with Crippen molar-refractivity contribution in [3.8, 4) is 5.75 Å². The minimum absolute atomic E-state index is 0. The Labute approximate surface area is 199 Å². The fourth-order valence-corrected chi connectivity index (χ4v) is 4.49. The van der Waals surface area contributed by atoms with Gasteiger partial charge in [-0.3, -0.25) is 9.89 Å². The van der Waals surface area contributed by atoms with Gasteiger partial charge >= 0.3 is 0 Å². The molecule has 30 heavy (non-hydrogen) atoms. The fraction of sp³-hybridized carbons (Fsp3) is 0.696. The van der Waals surface area contributed by atoms with Gasteiger partial charge in [0.1, 0.15) is 5.75 Å². The average Bonchev–Trinajstić information content (AvgIpc) is 3.45. The number of nitrogens with one attached hydrogen (secondary N) is 2. The summed E-state index contributed by atoms with van der Waals surface area (Å²) in [6.07, 6.45) is 5.28. The molecule has 1 aromatic carbocycles. The Hall–Kier alpha value is -1.06. The zero-order chi connectivity index (χ0) is 20.5. The van der Waals surface area contributed by atoms with Crippen LogP contribution in [0, 0.1) is 5.92 Å². The first-order valence-electron chi connectivity index (χ1n) is 11.2. The summed E-state index contributed by atoms with van der Waals surface area (Å²) >= 11 is 0. The van der Waals surface area contributed by atoms with Crippen LogP contribution in [0.4, 0.5) is 0 Å². The topological polar surface area (TPSA) is 52.1 Å². The molecule has 0 spiro atoms. The Morgan fingerprint density at radius 1 is 1.00 bits per heavy atom. The van der Waals surface area contributed by atoms with E-state index in [-0.39, 0.29) is 24.0 Å².